The molecule has 1 aromatic heterocycles. The Morgan fingerprint density at radius 3 is 2.71 bits per heavy atom. The first-order valence-electron chi connectivity index (χ1n) is 14.2. The van der Waals surface area contributed by atoms with E-state index in [1.807, 2.05) is 10.6 Å². The summed E-state index contributed by atoms with van der Waals surface area (Å²) in [4.78, 5) is 23.0. The number of nitrogens with zero attached hydrogens (tertiary/aromatic N) is 4. The number of likely N-dealkylation sites (N-methyl/N-ethyl adjacent to an activating group) is 1. The highest BCUT2D eigenvalue weighted by molar-refractivity contribution is 6.04. The van der Waals surface area contributed by atoms with Crippen LogP contribution in [0.15, 0.2) is 48.9 Å². The van der Waals surface area contributed by atoms with Gasteiger partial charge in [-0.25, -0.2) is 13.8 Å². The molecule has 41 heavy (non-hydrogen) atoms. The summed E-state index contributed by atoms with van der Waals surface area (Å²) in [5.41, 5.74) is 2.97. The zero-order valence-corrected chi connectivity index (χ0v) is 24.0. The van der Waals surface area contributed by atoms with Gasteiger partial charge >= 0.3 is 0 Å². The standard InChI is InChI=1S/C31H38F2N6O2/c1-5-23-24-16-22(17-25(32)28(24)33)29(40)36-31-35-26-9-8-21(19-38-12-10-37(4)11-13-38)15-27(26)39(31)18-20(2)7-6-14-41-30(23)34-3/h5,8-9,15-17,20,34H,1,6-7,10-14,18-19H2,2-4H3,(H,35,36,40)/b30-23-. The molecule has 2 bridgehead atoms. The molecule has 2 aromatic carbocycles. The highest BCUT2D eigenvalue weighted by Gasteiger charge is 2.23. The van der Waals surface area contributed by atoms with E-state index < -0.39 is 17.5 Å². The fourth-order valence-corrected chi connectivity index (χ4v) is 5.52. The maximum atomic E-state index is 15.0. The largest absolute Gasteiger partial charge is 0.479 e. The summed E-state index contributed by atoms with van der Waals surface area (Å²) < 4.78 is 37.7. The van der Waals surface area contributed by atoms with Gasteiger partial charge in [-0.1, -0.05) is 25.6 Å². The second-order valence-corrected chi connectivity index (χ2v) is 11.0. The molecular formula is C31H38F2N6O2. The third kappa shape index (κ3) is 6.28. The molecule has 1 atom stereocenters. The molecule has 1 unspecified atom stereocenters. The normalized spacial score (nSPS) is 21.4. The zero-order chi connectivity index (χ0) is 29.1. The van der Waals surface area contributed by atoms with Gasteiger partial charge in [0.1, 0.15) is 0 Å². The number of allylic oxidation sites excluding steroid dienone is 2. The predicted molar refractivity (Wildman–Crippen MR) is 157 cm³/mol. The van der Waals surface area contributed by atoms with E-state index in [1.165, 1.54) is 17.7 Å². The first-order valence-corrected chi connectivity index (χ1v) is 14.2. The quantitative estimate of drug-likeness (QED) is 0.473. The van der Waals surface area contributed by atoms with Crippen molar-refractivity contribution in [3.63, 3.8) is 0 Å². The number of carbonyl (C=O) groups is 1. The van der Waals surface area contributed by atoms with Crippen LogP contribution < -0.4 is 10.6 Å². The molecule has 2 aliphatic rings. The van der Waals surface area contributed by atoms with Crippen LogP contribution in [0.1, 0.15) is 41.3 Å². The monoisotopic (exact) mass is 564 g/mol. The third-order valence-electron chi connectivity index (χ3n) is 7.88. The Labute approximate surface area is 239 Å². The van der Waals surface area contributed by atoms with E-state index in [0.29, 0.717) is 19.1 Å². The number of fused-ring (bicyclic) bond motifs is 5. The van der Waals surface area contributed by atoms with Gasteiger partial charge in [0.15, 0.2) is 17.5 Å². The average molecular weight is 565 g/mol. The maximum absolute atomic E-state index is 15.0. The topological polar surface area (TPSA) is 74.7 Å². The molecule has 3 aromatic rings. The molecule has 8 nitrogen and oxygen atoms in total. The molecule has 0 aliphatic carbocycles. The summed E-state index contributed by atoms with van der Waals surface area (Å²) in [6, 6.07) is 8.43. The molecule has 218 valence electrons. The molecule has 1 saturated heterocycles. The molecule has 0 radical (unpaired) electrons. The fraction of sp³-hybridized carbons (Fsp3) is 0.419. The summed E-state index contributed by atoms with van der Waals surface area (Å²) in [6.45, 7) is 11.9. The van der Waals surface area contributed by atoms with Gasteiger partial charge in [-0.2, -0.15) is 0 Å². The van der Waals surface area contributed by atoms with Gasteiger partial charge in [0, 0.05) is 63.0 Å². The van der Waals surface area contributed by atoms with Crippen LogP contribution in [-0.2, 0) is 17.8 Å². The molecule has 2 aliphatic heterocycles. The summed E-state index contributed by atoms with van der Waals surface area (Å²) in [7, 11) is 3.79. The molecule has 1 amide bonds. The Bertz CT molecular complexity index is 1480. The lowest BCUT2D eigenvalue weighted by Gasteiger charge is -2.32. The Balaban J connectivity index is 1.54. The summed E-state index contributed by atoms with van der Waals surface area (Å²) in [6.07, 6.45) is 2.99. The SMILES string of the molecule is C=C/C1=C(\NC)OCCCC(C)Cn2c(nc3ccc(CN4CCN(C)CC4)cc32)NC(=O)c2cc(F)c(F)c1c2. The van der Waals surface area contributed by atoms with Gasteiger partial charge in [-0.15, -0.1) is 0 Å². The van der Waals surface area contributed by atoms with E-state index in [1.54, 1.807) is 7.05 Å². The molecule has 2 N–H and O–H groups in total. The number of halogens is 2. The number of hydrogen-bond acceptors (Lipinski definition) is 6. The van der Waals surface area contributed by atoms with Gasteiger partial charge in [0.05, 0.1) is 17.6 Å². The minimum atomic E-state index is -1.14. The molecule has 10 heteroatoms. The van der Waals surface area contributed by atoms with E-state index >= 15 is 0 Å². The summed E-state index contributed by atoms with van der Waals surface area (Å²) >= 11 is 0. The number of amides is 1. The summed E-state index contributed by atoms with van der Waals surface area (Å²) in [5, 5.41) is 5.80. The molecule has 0 spiro atoms. The Kier molecular flexibility index (Phi) is 8.70. The van der Waals surface area contributed by atoms with Crippen LogP contribution in [0.3, 0.4) is 0 Å². The smallest absolute Gasteiger partial charge is 0.258 e. The van der Waals surface area contributed by atoms with Crippen molar-refractivity contribution in [1.82, 2.24) is 24.7 Å². The number of carbonyl (C=O) groups excluding carboxylic acids is 1. The molecular weight excluding hydrogens is 526 g/mol. The molecule has 1 fully saturated rings. The number of hydrogen-bond donors (Lipinski definition) is 2. The van der Waals surface area contributed by atoms with Crippen molar-refractivity contribution in [2.24, 2.45) is 5.92 Å². The lowest BCUT2D eigenvalue weighted by Crippen LogP contribution is -2.43. The van der Waals surface area contributed by atoms with Gasteiger partial charge in [-0.3, -0.25) is 15.0 Å². The van der Waals surface area contributed by atoms with Crippen LogP contribution in [-0.4, -0.2) is 72.1 Å². The van der Waals surface area contributed by atoms with Crippen molar-refractivity contribution in [1.29, 1.82) is 0 Å². The number of piperazine rings is 1. The maximum Gasteiger partial charge on any atom is 0.258 e. The van der Waals surface area contributed by atoms with Crippen molar-refractivity contribution in [2.75, 3.05) is 52.2 Å². The zero-order valence-electron chi connectivity index (χ0n) is 24.0. The number of rotatable bonds is 4. The highest BCUT2D eigenvalue weighted by Crippen LogP contribution is 2.29. The van der Waals surface area contributed by atoms with Crippen LogP contribution in [0.25, 0.3) is 16.6 Å². The number of benzene rings is 2. The number of ether oxygens (including phenoxy) is 1. The van der Waals surface area contributed by atoms with E-state index in [9.17, 15) is 13.6 Å². The average Bonchev–Trinajstić information content (AvgIpc) is 3.28. The van der Waals surface area contributed by atoms with Crippen molar-refractivity contribution < 1.29 is 18.3 Å². The van der Waals surface area contributed by atoms with Gasteiger partial charge in [0.2, 0.25) is 5.95 Å². The van der Waals surface area contributed by atoms with Gasteiger partial charge in [-0.05, 0) is 55.6 Å². The van der Waals surface area contributed by atoms with Crippen LogP contribution in [0.5, 0.6) is 0 Å². The van der Waals surface area contributed by atoms with Crippen molar-refractivity contribution >= 4 is 28.5 Å². The first-order chi connectivity index (χ1) is 19.8. The van der Waals surface area contributed by atoms with Gasteiger partial charge < -0.3 is 19.5 Å². The molecule has 5 rings (SSSR count). The fourth-order valence-electron chi connectivity index (χ4n) is 5.52. The van der Waals surface area contributed by atoms with Crippen molar-refractivity contribution in [2.45, 2.75) is 32.9 Å². The van der Waals surface area contributed by atoms with Crippen molar-refractivity contribution in [3.05, 3.63) is 77.2 Å². The highest BCUT2D eigenvalue weighted by atomic mass is 19.2. The van der Waals surface area contributed by atoms with Crippen LogP contribution in [0, 0.1) is 17.6 Å². The lowest BCUT2D eigenvalue weighted by atomic mass is 10.0. The van der Waals surface area contributed by atoms with Gasteiger partial charge in [0.25, 0.3) is 5.91 Å². The van der Waals surface area contributed by atoms with Crippen LogP contribution in [0.4, 0.5) is 14.7 Å². The Morgan fingerprint density at radius 2 is 1.98 bits per heavy atom. The van der Waals surface area contributed by atoms with E-state index in [0.717, 1.165) is 62.7 Å². The van der Waals surface area contributed by atoms with E-state index in [-0.39, 0.29) is 28.5 Å². The van der Waals surface area contributed by atoms with Crippen molar-refractivity contribution in [3.8, 4) is 0 Å². The number of nitrogens with one attached hydrogen (secondary N) is 2. The summed E-state index contributed by atoms with van der Waals surface area (Å²) in [5.74, 6) is -1.91. The minimum absolute atomic E-state index is 0.0361. The Morgan fingerprint density at radius 1 is 1.20 bits per heavy atom. The second-order valence-electron chi connectivity index (χ2n) is 11.0. The molecule has 3 heterocycles. The molecule has 0 saturated carbocycles. The lowest BCUT2D eigenvalue weighted by molar-refractivity contribution is 0.102. The second kappa shape index (κ2) is 12.4. The van der Waals surface area contributed by atoms with Crippen LogP contribution in [0.2, 0.25) is 0 Å². The Hall–Kier alpha value is -3.76. The van der Waals surface area contributed by atoms with E-state index in [2.05, 4.69) is 53.1 Å². The predicted octanol–water partition coefficient (Wildman–Crippen LogP) is 4.83. The number of anilines is 1. The van der Waals surface area contributed by atoms with Crippen LogP contribution >= 0.6 is 0 Å². The third-order valence-corrected chi connectivity index (χ3v) is 7.88. The first kappa shape index (κ1) is 28.8. The minimum Gasteiger partial charge on any atom is -0.479 e. The number of imidazole rings is 1. The number of aromatic nitrogens is 2. The van der Waals surface area contributed by atoms with E-state index in [4.69, 9.17) is 9.72 Å².